The number of fused-ring (bicyclic) bond motifs is 1. The van der Waals surface area contributed by atoms with Crippen molar-refractivity contribution in [2.24, 2.45) is 0 Å². The highest BCUT2D eigenvalue weighted by atomic mass is 16.5. The molecule has 0 spiro atoms. The molecule has 0 saturated heterocycles. The summed E-state index contributed by atoms with van der Waals surface area (Å²) in [6.45, 7) is 1.97. The van der Waals surface area contributed by atoms with Gasteiger partial charge in [-0.3, -0.25) is 9.59 Å². The van der Waals surface area contributed by atoms with Gasteiger partial charge in [-0.15, -0.1) is 0 Å². The van der Waals surface area contributed by atoms with E-state index < -0.39 is 0 Å². The van der Waals surface area contributed by atoms with Gasteiger partial charge in [0.2, 0.25) is 0 Å². The van der Waals surface area contributed by atoms with Crippen molar-refractivity contribution in [3.8, 4) is 0 Å². The van der Waals surface area contributed by atoms with Crippen molar-refractivity contribution < 1.29 is 14.3 Å². The summed E-state index contributed by atoms with van der Waals surface area (Å²) in [6, 6.07) is 15.0. The summed E-state index contributed by atoms with van der Waals surface area (Å²) in [5.41, 5.74) is 3.30. The van der Waals surface area contributed by atoms with E-state index in [-0.39, 0.29) is 23.8 Å². The number of hydrogen-bond acceptors (Lipinski definition) is 4. The molecule has 1 aliphatic heterocycles. The number of nitrogens with zero attached hydrogens (tertiary/aromatic N) is 2. The Bertz CT molecular complexity index is 814. The summed E-state index contributed by atoms with van der Waals surface area (Å²) in [4.78, 5) is 29.2. The fraction of sp³-hybridized carbons (Fsp3) is 0.333. The number of para-hydroxylation sites is 1. The fourth-order valence-corrected chi connectivity index (χ4v) is 3.53. The summed E-state index contributed by atoms with van der Waals surface area (Å²) >= 11 is 0. The third-order valence-corrected chi connectivity index (χ3v) is 4.92. The first kappa shape index (κ1) is 18.0. The number of methoxy groups -OCH3 is 1. The fourth-order valence-electron chi connectivity index (χ4n) is 3.53. The number of rotatable bonds is 3. The molecule has 0 aliphatic carbocycles. The summed E-state index contributed by atoms with van der Waals surface area (Å²) in [6.07, 6.45) is 0.547. The maximum absolute atomic E-state index is 13.2. The zero-order valence-corrected chi connectivity index (χ0v) is 15.6. The van der Waals surface area contributed by atoms with E-state index in [9.17, 15) is 9.59 Å². The molecule has 1 aliphatic rings. The predicted octanol–water partition coefficient (Wildman–Crippen LogP) is 3.45. The van der Waals surface area contributed by atoms with E-state index in [1.54, 1.807) is 4.90 Å². The molecule has 2 atom stereocenters. The molecular weight excluding hydrogens is 328 g/mol. The molecule has 26 heavy (non-hydrogen) atoms. The van der Waals surface area contributed by atoms with Gasteiger partial charge in [-0.25, -0.2) is 0 Å². The van der Waals surface area contributed by atoms with E-state index in [1.807, 2.05) is 74.4 Å². The maximum Gasteiger partial charge on any atom is 0.313 e. The number of esters is 1. The minimum atomic E-state index is -0.341. The first-order valence-electron chi connectivity index (χ1n) is 8.71. The average Bonchev–Trinajstić information content (AvgIpc) is 2.66. The summed E-state index contributed by atoms with van der Waals surface area (Å²) in [5.74, 6) is -0.656. The smallest absolute Gasteiger partial charge is 0.313 e. The molecule has 1 amide bonds. The van der Waals surface area contributed by atoms with Crippen LogP contribution in [0.4, 0.5) is 11.4 Å². The second-order valence-corrected chi connectivity index (χ2v) is 6.84. The minimum Gasteiger partial charge on any atom is -0.469 e. The quantitative estimate of drug-likeness (QED) is 0.794. The number of ether oxygens (including phenoxy) is 1. The lowest BCUT2D eigenvalue weighted by Crippen LogP contribution is -2.44. The van der Waals surface area contributed by atoms with Gasteiger partial charge < -0.3 is 14.5 Å². The van der Waals surface area contributed by atoms with Gasteiger partial charge in [0.1, 0.15) is 0 Å². The van der Waals surface area contributed by atoms with Crippen LogP contribution in [-0.2, 0) is 9.53 Å². The highest BCUT2D eigenvalue weighted by molar-refractivity contribution is 6.08. The number of amides is 1. The van der Waals surface area contributed by atoms with E-state index in [4.69, 9.17) is 4.74 Å². The van der Waals surface area contributed by atoms with Gasteiger partial charge >= 0.3 is 5.97 Å². The largest absolute Gasteiger partial charge is 0.469 e. The van der Waals surface area contributed by atoms with Crippen LogP contribution >= 0.6 is 0 Å². The molecule has 0 fully saturated rings. The number of carbonyl (C=O) groups is 2. The second kappa shape index (κ2) is 7.20. The van der Waals surface area contributed by atoms with Crippen LogP contribution in [0.1, 0.15) is 35.2 Å². The number of benzene rings is 2. The topological polar surface area (TPSA) is 49.9 Å². The zero-order valence-electron chi connectivity index (χ0n) is 15.6. The SMILES string of the molecule is COC(=O)C1CC(C)N(C(=O)c2ccc(N(C)C)cc2)c2ccccc21. The lowest BCUT2D eigenvalue weighted by atomic mass is 9.85. The van der Waals surface area contributed by atoms with Gasteiger partial charge in [0.15, 0.2) is 0 Å². The normalized spacial score (nSPS) is 18.8. The number of anilines is 2. The number of hydrogen-bond donors (Lipinski definition) is 0. The highest BCUT2D eigenvalue weighted by Gasteiger charge is 2.37. The Balaban J connectivity index is 1.98. The Hall–Kier alpha value is -2.82. The molecule has 0 bridgehead atoms. The van der Waals surface area contributed by atoms with Crippen LogP contribution in [0.3, 0.4) is 0 Å². The molecule has 0 N–H and O–H groups in total. The Morgan fingerprint density at radius 1 is 1.08 bits per heavy atom. The van der Waals surface area contributed by atoms with Crippen molar-refractivity contribution in [3.05, 3.63) is 59.7 Å². The highest BCUT2D eigenvalue weighted by Crippen LogP contribution is 2.39. The number of carbonyl (C=O) groups excluding carboxylic acids is 2. The monoisotopic (exact) mass is 352 g/mol. The van der Waals surface area contributed by atoms with Crippen LogP contribution < -0.4 is 9.80 Å². The minimum absolute atomic E-state index is 0.0569. The second-order valence-electron chi connectivity index (χ2n) is 6.84. The van der Waals surface area contributed by atoms with Gasteiger partial charge in [0.05, 0.1) is 13.0 Å². The molecule has 5 nitrogen and oxygen atoms in total. The average molecular weight is 352 g/mol. The molecule has 0 radical (unpaired) electrons. The summed E-state index contributed by atoms with van der Waals surface area (Å²) < 4.78 is 4.96. The van der Waals surface area contributed by atoms with E-state index in [1.165, 1.54) is 7.11 Å². The van der Waals surface area contributed by atoms with Crippen molar-refractivity contribution in [2.75, 3.05) is 31.0 Å². The predicted molar refractivity (Wildman–Crippen MR) is 103 cm³/mol. The van der Waals surface area contributed by atoms with Crippen LogP contribution in [0.15, 0.2) is 48.5 Å². The van der Waals surface area contributed by atoms with Gasteiger partial charge in [-0.05, 0) is 49.2 Å². The Morgan fingerprint density at radius 3 is 2.35 bits per heavy atom. The zero-order chi connectivity index (χ0) is 18.8. The third-order valence-electron chi connectivity index (χ3n) is 4.92. The first-order chi connectivity index (χ1) is 12.4. The van der Waals surface area contributed by atoms with Crippen LogP contribution in [0.2, 0.25) is 0 Å². The van der Waals surface area contributed by atoms with E-state index in [0.29, 0.717) is 12.0 Å². The molecule has 0 saturated carbocycles. The Labute approximate surface area is 154 Å². The van der Waals surface area contributed by atoms with Crippen LogP contribution in [0.25, 0.3) is 0 Å². The lowest BCUT2D eigenvalue weighted by Gasteiger charge is -2.38. The molecule has 0 aromatic heterocycles. The molecule has 2 unspecified atom stereocenters. The van der Waals surface area contributed by atoms with E-state index >= 15 is 0 Å². The molecule has 2 aromatic rings. The summed E-state index contributed by atoms with van der Waals surface area (Å²) in [5, 5.41) is 0. The lowest BCUT2D eigenvalue weighted by molar-refractivity contribution is -0.142. The third kappa shape index (κ3) is 3.17. The molecule has 3 rings (SSSR count). The van der Waals surface area contributed by atoms with Crippen LogP contribution in [0, 0.1) is 0 Å². The van der Waals surface area contributed by atoms with Gasteiger partial charge in [-0.2, -0.15) is 0 Å². The molecule has 5 heteroatoms. The Kier molecular flexibility index (Phi) is 4.98. The van der Waals surface area contributed by atoms with Gasteiger partial charge in [-0.1, -0.05) is 18.2 Å². The first-order valence-corrected chi connectivity index (χ1v) is 8.71. The molecule has 1 heterocycles. The van der Waals surface area contributed by atoms with Crippen LogP contribution in [0.5, 0.6) is 0 Å². The van der Waals surface area contributed by atoms with Gasteiger partial charge in [0.25, 0.3) is 5.91 Å². The maximum atomic E-state index is 13.2. The van der Waals surface area contributed by atoms with Crippen molar-refractivity contribution in [3.63, 3.8) is 0 Å². The van der Waals surface area contributed by atoms with Crippen molar-refractivity contribution in [1.82, 2.24) is 0 Å². The van der Waals surface area contributed by atoms with Crippen molar-refractivity contribution >= 4 is 23.3 Å². The van der Waals surface area contributed by atoms with E-state index in [0.717, 1.165) is 16.9 Å². The summed E-state index contributed by atoms with van der Waals surface area (Å²) in [7, 11) is 5.33. The van der Waals surface area contributed by atoms with Gasteiger partial charge in [0, 0.05) is 37.1 Å². The van der Waals surface area contributed by atoms with E-state index in [2.05, 4.69) is 0 Å². The Morgan fingerprint density at radius 2 is 1.73 bits per heavy atom. The van der Waals surface area contributed by atoms with Crippen LogP contribution in [-0.4, -0.2) is 39.1 Å². The van der Waals surface area contributed by atoms with Crippen molar-refractivity contribution in [2.45, 2.75) is 25.3 Å². The molecule has 136 valence electrons. The molecule has 2 aromatic carbocycles. The standard InChI is InChI=1S/C21H24N2O3/c1-14-13-18(21(25)26-4)17-7-5-6-8-19(17)23(14)20(24)15-9-11-16(12-10-15)22(2)3/h5-12,14,18H,13H2,1-4H3. The van der Waals surface area contributed by atoms with Crippen molar-refractivity contribution in [1.29, 1.82) is 0 Å². The molecular formula is C21H24N2O3.